The highest BCUT2D eigenvalue weighted by atomic mass is 16.7. The van der Waals surface area contributed by atoms with Crippen molar-refractivity contribution < 1.29 is 81.6 Å². The van der Waals surface area contributed by atoms with Gasteiger partial charge in [0.2, 0.25) is 0 Å². The Labute approximate surface area is 404 Å². The van der Waals surface area contributed by atoms with Crippen molar-refractivity contribution in [2.75, 3.05) is 66.0 Å². The van der Waals surface area contributed by atoms with Crippen LogP contribution in [0, 0.1) is 16.2 Å². The number of unbranched alkanes of at least 4 members (excludes halogenated alkanes) is 3. The van der Waals surface area contributed by atoms with Crippen LogP contribution in [0.25, 0.3) is 10.4 Å². The molecule has 4 aliphatic heterocycles. The summed E-state index contributed by atoms with van der Waals surface area (Å²) in [6, 6.07) is 19.1. The molecule has 2 N–H and O–H groups in total. The third-order valence-electron chi connectivity index (χ3n) is 11.0. The normalized spacial score (nSPS) is 24.0. The number of Topliss-reactive ketones (excluding diaryl/α,β-unsaturated/α-hetero) is 1. The number of ketones is 1. The number of hydrogen-bond acceptors (Lipinski definition) is 16. The van der Waals surface area contributed by atoms with E-state index in [1.54, 1.807) is 34.6 Å². The van der Waals surface area contributed by atoms with E-state index in [0.29, 0.717) is 39.6 Å². The molecule has 69 heavy (non-hydrogen) atoms. The second kappa shape index (κ2) is 28.0. The number of aliphatic carboxylic acids is 2. The van der Waals surface area contributed by atoms with E-state index < -0.39 is 64.4 Å². The molecule has 20 heteroatoms. The van der Waals surface area contributed by atoms with Crippen molar-refractivity contribution in [2.45, 2.75) is 124 Å². The van der Waals surface area contributed by atoms with E-state index in [-0.39, 0.29) is 51.0 Å². The first kappa shape index (κ1) is 58.3. The smallest absolute Gasteiger partial charge is 0.316 e. The summed E-state index contributed by atoms with van der Waals surface area (Å²) < 4.78 is 54.0. The van der Waals surface area contributed by atoms with Crippen LogP contribution in [-0.2, 0) is 71.3 Å². The van der Waals surface area contributed by atoms with Gasteiger partial charge in [-0.1, -0.05) is 78.6 Å². The third-order valence-corrected chi connectivity index (χ3v) is 11.0. The second-order valence-corrected chi connectivity index (χ2v) is 18.8. The summed E-state index contributed by atoms with van der Waals surface area (Å²) in [5.41, 5.74) is 7.42. The number of carboxylic acid groups (broad SMARTS) is 2. The highest BCUT2D eigenvalue weighted by Crippen LogP contribution is 2.33. The van der Waals surface area contributed by atoms with Gasteiger partial charge in [0, 0.05) is 29.0 Å². The zero-order valence-electron chi connectivity index (χ0n) is 41.2. The highest BCUT2D eigenvalue weighted by Gasteiger charge is 2.44. The summed E-state index contributed by atoms with van der Waals surface area (Å²) in [4.78, 5) is 58.7. The number of esters is 2. The number of carbonyl (C=O) groups is 5. The largest absolute Gasteiger partial charge is 0.481 e. The zero-order valence-corrected chi connectivity index (χ0v) is 41.2. The van der Waals surface area contributed by atoms with Gasteiger partial charge in [-0.05, 0) is 73.8 Å². The van der Waals surface area contributed by atoms with Gasteiger partial charge in [-0.2, -0.15) is 0 Å². The van der Waals surface area contributed by atoms with Gasteiger partial charge in [-0.3, -0.25) is 19.2 Å². The van der Waals surface area contributed by atoms with Crippen LogP contribution in [0.5, 0.6) is 0 Å². The molecule has 0 saturated carbocycles. The number of hydrogen-bond donors (Lipinski definition) is 2. The first-order valence-corrected chi connectivity index (χ1v) is 23.0. The lowest BCUT2D eigenvalue weighted by Gasteiger charge is -2.39. The number of carbonyl (C=O) groups excluding carboxylic acids is 3. The van der Waals surface area contributed by atoms with E-state index in [0.717, 1.165) is 36.8 Å². The minimum Gasteiger partial charge on any atom is -0.481 e. The summed E-state index contributed by atoms with van der Waals surface area (Å²) >= 11 is 0. The van der Waals surface area contributed by atoms with Crippen LogP contribution >= 0.6 is 0 Å². The molecule has 384 valence electrons. The van der Waals surface area contributed by atoms with Crippen molar-refractivity contribution in [2.24, 2.45) is 21.4 Å². The van der Waals surface area contributed by atoms with Gasteiger partial charge in [0.15, 0.2) is 24.2 Å². The van der Waals surface area contributed by atoms with E-state index in [4.69, 9.17) is 63.1 Å². The first-order valence-electron chi connectivity index (χ1n) is 23.0. The maximum absolute atomic E-state index is 12.1. The Bertz CT molecular complexity index is 1940. The number of azide groups is 1. The number of ether oxygens (including phenoxy) is 10. The van der Waals surface area contributed by atoms with Crippen molar-refractivity contribution in [3.8, 4) is 0 Å². The third kappa shape index (κ3) is 20.9. The van der Waals surface area contributed by atoms with Gasteiger partial charge in [-0.25, -0.2) is 0 Å². The molecule has 20 nitrogen and oxygen atoms in total. The van der Waals surface area contributed by atoms with E-state index >= 15 is 0 Å². The van der Waals surface area contributed by atoms with Crippen molar-refractivity contribution >= 4 is 29.7 Å². The van der Waals surface area contributed by atoms with Crippen LogP contribution in [0.3, 0.4) is 0 Å². The van der Waals surface area contributed by atoms with E-state index in [1.165, 1.54) is 6.92 Å². The van der Waals surface area contributed by atoms with Crippen LogP contribution in [0.2, 0.25) is 0 Å². The van der Waals surface area contributed by atoms with Crippen molar-refractivity contribution in [1.29, 1.82) is 0 Å². The average Bonchev–Trinajstić information content (AvgIpc) is 3.33. The Morgan fingerprint density at radius 2 is 1.06 bits per heavy atom. The average molecular weight is 974 g/mol. The zero-order chi connectivity index (χ0) is 51.1. The molecule has 0 amide bonds. The Balaban J connectivity index is 0.000000248. The van der Waals surface area contributed by atoms with Gasteiger partial charge in [-0.15, -0.1) is 0 Å². The van der Waals surface area contributed by atoms with Crippen LogP contribution in [0.1, 0.15) is 118 Å². The topological polar surface area (TPSA) is 267 Å². The molecule has 0 aliphatic carbocycles. The molecule has 4 saturated heterocycles. The summed E-state index contributed by atoms with van der Waals surface area (Å²) in [6.45, 7) is 16.6. The second-order valence-electron chi connectivity index (χ2n) is 18.8. The Morgan fingerprint density at radius 3 is 1.51 bits per heavy atom. The molecule has 4 aliphatic rings. The van der Waals surface area contributed by atoms with Crippen molar-refractivity contribution in [3.63, 3.8) is 0 Å². The number of carboxylic acids is 2. The molecule has 0 aromatic heterocycles. The van der Waals surface area contributed by atoms with Crippen LogP contribution in [0.15, 0.2) is 65.8 Å². The van der Waals surface area contributed by atoms with Gasteiger partial charge >= 0.3 is 23.9 Å². The molecule has 0 radical (unpaired) electrons. The van der Waals surface area contributed by atoms with Crippen molar-refractivity contribution in [3.05, 3.63) is 82.2 Å². The standard InChI is InChI=1S/C15H18O5.C14H25N3O4.C12H14O4.C8H14O4/c1-11(16)7-8-14(17)20-13-9-18-15(19-10-13)12-5-3-2-4-6-12;1-13(2)20-10-14(3,11-21-13)12(18)19-9-7-5-4-6-8-16-17-15;1-12(11(13)14)7-15-10(16-8-12)9-5-3-2-4-6-9;1-7(2)11-4-8(3,5-12-7)6(9)10/h2-6,13,15H,7-10H2,1H3;4-11H2,1-3H3;2-6,10H,7-8H2,1H3,(H,13,14);4-5H2,1-3H3,(H,9,10). The Morgan fingerprint density at radius 1 is 0.623 bits per heavy atom. The van der Waals surface area contributed by atoms with Crippen molar-refractivity contribution in [1.82, 2.24) is 0 Å². The van der Waals surface area contributed by atoms with E-state index in [9.17, 15) is 24.0 Å². The Kier molecular flexibility index (Phi) is 23.6. The van der Waals surface area contributed by atoms with Crippen LogP contribution in [0.4, 0.5) is 0 Å². The molecule has 0 atom stereocenters. The minimum absolute atomic E-state index is 0.0257. The summed E-state index contributed by atoms with van der Waals surface area (Å²) in [6.07, 6.45) is 2.64. The number of benzene rings is 2. The maximum atomic E-state index is 12.1. The maximum Gasteiger partial charge on any atom is 0.316 e. The minimum atomic E-state index is -0.939. The van der Waals surface area contributed by atoms with Gasteiger partial charge in [0.1, 0.15) is 28.1 Å². The predicted molar refractivity (Wildman–Crippen MR) is 247 cm³/mol. The molecule has 0 bridgehead atoms. The lowest BCUT2D eigenvalue weighted by Crippen LogP contribution is -2.49. The fourth-order valence-corrected chi connectivity index (χ4v) is 6.18. The molecular weight excluding hydrogens is 903 g/mol. The molecule has 0 spiro atoms. The highest BCUT2D eigenvalue weighted by molar-refractivity contribution is 5.81. The molecule has 4 fully saturated rings. The quantitative estimate of drug-likeness (QED) is 0.0532. The molecule has 2 aromatic rings. The summed E-state index contributed by atoms with van der Waals surface area (Å²) in [5.74, 6) is -3.73. The molecule has 6 rings (SSSR count). The fourth-order valence-electron chi connectivity index (χ4n) is 6.18. The summed E-state index contributed by atoms with van der Waals surface area (Å²) in [7, 11) is 0. The van der Waals surface area contributed by atoms with E-state index in [1.807, 2.05) is 74.5 Å². The number of nitrogens with zero attached hydrogens (tertiary/aromatic N) is 3. The molecule has 2 aromatic carbocycles. The molecular formula is C49H71N3O17. The SMILES string of the molecule is CC(=O)CCC(=O)OC1COC(c2ccccc2)OC1.CC1(C(=O)O)COC(c2ccccc2)OC1.CC1(C)OCC(C)(C(=O)O)CO1.CC1(C)OCC(C)(C(=O)OCCCCCCN=[N+]=[N-])CO1. The van der Waals surface area contributed by atoms with Gasteiger partial charge in [0.25, 0.3) is 0 Å². The molecule has 0 unspecified atom stereocenters. The Hall–Kier alpha value is -5.02. The van der Waals surface area contributed by atoms with Crippen LogP contribution < -0.4 is 0 Å². The lowest BCUT2D eigenvalue weighted by molar-refractivity contribution is -0.281. The van der Waals surface area contributed by atoms with Gasteiger partial charge in [0.05, 0.1) is 65.9 Å². The fraction of sp³-hybridized carbons (Fsp3) is 0.653. The van der Waals surface area contributed by atoms with Gasteiger partial charge < -0.3 is 62.4 Å². The van der Waals surface area contributed by atoms with Crippen LogP contribution in [-0.4, -0.2) is 124 Å². The monoisotopic (exact) mass is 973 g/mol. The number of rotatable bonds is 16. The first-order chi connectivity index (χ1) is 32.5. The van der Waals surface area contributed by atoms with E-state index in [2.05, 4.69) is 10.0 Å². The molecule has 4 heterocycles. The lowest BCUT2D eigenvalue weighted by atomic mass is 9.92. The summed E-state index contributed by atoms with van der Waals surface area (Å²) in [5, 5.41) is 21.3. The predicted octanol–water partition coefficient (Wildman–Crippen LogP) is 7.89.